The van der Waals surface area contributed by atoms with Gasteiger partial charge < -0.3 is 10.2 Å². The molecule has 2 aromatic heterocycles. The zero-order valence-electron chi connectivity index (χ0n) is 17.0. The molecule has 0 aliphatic carbocycles. The number of anilines is 2. The summed E-state index contributed by atoms with van der Waals surface area (Å²) in [4.78, 5) is 41.5. The molecule has 0 unspecified atom stereocenters. The van der Waals surface area contributed by atoms with Gasteiger partial charge in [-0.2, -0.15) is 0 Å². The fourth-order valence-electron chi connectivity index (χ4n) is 3.03. The number of hydrogen-bond donors (Lipinski definition) is 2. The highest BCUT2D eigenvalue weighted by atomic mass is 35.5. The Kier molecular flexibility index (Phi) is 7.15. The van der Waals surface area contributed by atoms with Crippen molar-refractivity contribution in [3.05, 3.63) is 85.9 Å². The molecule has 0 spiro atoms. The van der Waals surface area contributed by atoms with E-state index in [-0.39, 0.29) is 18.1 Å². The lowest BCUT2D eigenvalue weighted by atomic mass is 10.2. The van der Waals surface area contributed by atoms with Crippen LogP contribution in [0.2, 0.25) is 5.02 Å². The van der Waals surface area contributed by atoms with Crippen LogP contribution in [0, 0.1) is 0 Å². The van der Waals surface area contributed by atoms with Gasteiger partial charge in [0.2, 0.25) is 0 Å². The Morgan fingerprint density at radius 2 is 2.00 bits per heavy atom. The number of hydrogen-bond acceptors (Lipinski definition) is 5. The second kappa shape index (κ2) is 9.99. The number of rotatable bonds is 8. The lowest BCUT2D eigenvalue weighted by molar-refractivity contribution is -0.114. The van der Waals surface area contributed by atoms with E-state index in [1.807, 2.05) is 6.92 Å². The number of H-pyrrole nitrogens is 1. The van der Waals surface area contributed by atoms with Crippen molar-refractivity contribution in [1.29, 1.82) is 0 Å². The number of nitrogen functional groups attached to an aromatic ring is 1. The predicted octanol–water partition coefficient (Wildman–Crippen LogP) is 3.41. The number of benzene rings is 1. The molecule has 0 radical (unpaired) electrons. The van der Waals surface area contributed by atoms with Crippen LogP contribution in [0.4, 0.5) is 11.5 Å². The SMILES string of the molecule is CCCCn1c(N)c(N(Cc2ccco2)C(=O)C=Cc2ccc(Cl)cc2)c(=O)[nH]c1=O. The summed E-state index contributed by atoms with van der Waals surface area (Å²) >= 11 is 5.89. The Balaban J connectivity index is 2.03. The smallest absolute Gasteiger partial charge is 0.330 e. The average molecular weight is 443 g/mol. The van der Waals surface area contributed by atoms with Gasteiger partial charge in [-0.05, 0) is 42.3 Å². The standard InChI is InChI=1S/C22H23ClN4O4/c1-2-3-12-26-20(24)19(21(29)25-22(26)30)27(14-17-5-4-13-31-17)18(28)11-8-15-6-9-16(23)10-7-15/h4-11,13H,2-3,12,14,24H2,1H3,(H,25,29,30). The number of carbonyl (C=O) groups is 1. The highest BCUT2D eigenvalue weighted by Crippen LogP contribution is 2.21. The molecule has 162 valence electrons. The van der Waals surface area contributed by atoms with E-state index >= 15 is 0 Å². The molecule has 3 N–H and O–H groups in total. The van der Waals surface area contributed by atoms with Crippen molar-refractivity contribution in [3.63, 3.8) is 0 Å². The summed E-state index contributed by atoms with van der Waals surface area (Å²) in [6, 6.07) is 10.3. The Bertz CT molecular complexity index is 1180. The molecular weight excluding hydrogens is 420 g/mol. The molecule has 0 aliphatic heterocycles. The predicted molar refractivity (Wildman–Crippen MR) is 121 cm³/mol. The van der Waals surface area contributed by atoms with E-state index in [9.17, 15) is 14.4 Å². The number of nitrogens with two attached hydrogens (primary N) is 1. The number of furan rings is 1. The first-order chi connectivity index (χ1) is 14.9. The molecule has 0 saturated heterocycles. The molecule has 8 nitrogen and oxygen atoms in total. The molecule has 0 bridgehead atoms. The third kappa shape index (κ3) is 5.35. The Labute approximate surface area is 183 Å². The van der Waals surface area contributed by atoms with Crippen LogP contribution in [-0.2, 0) is 17.9 Å². The van der Waals surface area contributed by atoms with E-state index < -0.39 is 17.2 Å². The maximum absolute atomic E-state index is 13.1. The zero-order valence-corrected chi connectivity index (χ0v) is 17.8. The zero-order chi connectivity index (χ0) is 22.4. The summed E-state index contributed by atoms with van der Waals surface area (Å²) in [6.07, 6.45) is 5.92. The summed E-state index contributed by atoms with van der Waals surface area (Å²) in [5, 5.41) is 0.580. The van der Waals surface area contributed by atoms with Gasteiger partial charge in [-0.25, -0.2) is 4.79 Å². The number of halogens is 1. The number of nitrogens with one attached hydrogen (secondary N) is 1. The minimum atomic E-state index is -0.741. The molecule has 2 heterocycles. The van der Waals surface area contributed by atoms with Gasteiger partial charge in [0.15, 0.2) is 5.69 Å². The van der Waals surface area contributed by atoms with E-state index in [1.165, 1.54) is 21.8 Å². The second-order valence-electron chi connectivity index (χ2n) is 6.89. The fourth-order valence-corrected chi connectivity index (χ4v) is 3.16. The number of aromatic amines is 1. The first-order valence-corrected chi connectivity index (χ1v) is 10.2. The number of unbranched alkanes of at least 4 members (excludes halogenated alkanes) is 1. The molecule has 3 aromatic rings. The van der Waals surface area contributed by atoms with Crippen molar-refractivity contribution < 1.29 is 9.21 Å². The van der Waals surface area contributed by atoms with Crippen molar-refractivity contribution in [3.8, 4) is 0 Å². The van der Waals surface area contributed by atoms with Crippen LogP contribution < -0.4 is 21.9 Å². The monoisotopic (exact) mass is 442 g/mol. The number of carbonyl (C=O) groups excluding carboxylic acids is 1. The van der Waals surface area contributed by atoms with Gasteiger partial charge in [-0.15, -0.1) is 0 Å². The van der Waals surface area contributed by atoms with Crippen LogP contribution >= 0.6 is 11.6 Å². The van der Waals surface area contributed by atoms with Crippen molar-refractivity contribution in [2.45, 2.75) is 32.9 Å². The third-order valence-corrected chi connectivity index (χ3v) is 4.92. The molecule has 0 aliphatic rings. The van der Waals surface area contributed by atoms with E-state index in [0.717, 1.165) is 12.0 Å². The maximum Gasteiger partial charge on any atom is 0.330 e. The van der Waals surface area contributed by atoms with Gasteiger partial charge in [-0.1, -0.05) is 37.1 Å². The van der Waals surface area contributed by atoms with Gasteiger partial charge >= 0.3 is 5.69 Å². The molecule has 0 saturated carbocycles. The number of amides is 1. The third-order valence-electron chi connectivity index (χ3n) is 4.67. The van der Waals surface area contributed by atoms with Crippen LogP contribution in [0.25, 0.3) is 6.08 Å². The quantitative estimate of drug-likeness (QED) is 0.519. The topological polar surface area (TPSA) is 114 Å². The minimum Gasteiger partial charge on any atom is -0.467 e. The molecule has 3 rings (SSSR count). The average Bonchev–Trinajstić information content (AvgIpc) is 3.25. The normalized spacial score (nSPS) is 11.2. The lowest BCUT2D eigenvalue weighted by Crippen LogP contribution is -2.40. The van der Waals surface area contributed by atoms with Crippen LogP contribution in [0.5, 0.6) is 0 Å². The summed E-state index contributed by atoms with van der Waals surface area (Å²) < 4.78 is 6.63. The maximum atomic E-state index is 13.1. The summed E-state index contributed by atoms with van der Waals surface area (Å²) in [5.41, 5.74) is 5.50. The van der Waals surface area contributed by atoms with Crippen molar-refractivity contribution >= 4 is 35.1 Å². The molecule has 31 heavy (non-hydrogen) atoms. The molecule has 0 fully saturated rings. The highest BCUT2D eigenvalue weighted by Gasteiger charge is 2.24. The Morgan fingerprint density at radius 3 is 2.65 bits per heavy atom. The van der Waals surface area contributed by atoms with E-state index in [2.05, 4.69) is 4.98 Å². The van der Waals surface area contributed by atoms with Crippen molar-refractivity contribution in [1.82, 2.24) is 9.55 Å². The number of aromatic nitrogens is 2. The van der Waals surface area contributed by atoms with Crippen LogP contribution in [0.1, 0.15) is 31.1 Å². The molecular formula is C22H23ClN4O4. The van der Waals surface area contributed by atoms with Crippen LogP contribution in [-0.4, -0.2) is 15.5 Å². The van der Waals surface area contributed by atoms with E-state index in [1.54, 1.807) is 42.5 Å². The van der Waals surface area contributed by atoms with Crippen molar-refractivity contribution in [2.24, 2.45) is 0 Å². The van der Waals surface area contributed by atoms with Gasteiger partial charge in [0.25, 0.3) is 11.5 Å². The largest absolute Gasteiger partial charge is 0.467 e. The molecule has 0 atom stereocenters. The summed E-state index contributed by atoms with van der Waals surface area (Å²) in [6.45, 7) is 2.27. The molecule has 1 amide bonds. The summed E-state index contributed by atoms with van der Waals surface area (Å²) in [5.74, 6) is -0.107. The Hall–Kier alpha value is -3.52. The molecule has 9 heteroatoms. The van der Waals surface area contributed by atoms with E-state index in [0.29, 0.717) is 23.7 Å². The van der Waals surface area contributed by atoms with Gasteiger partial charge in [0.1, 0.15) is 11.6 Å². The minimum absolute atomic E-state index is 0.0317. The first kappa shape index (κ1) is 22.2. The molecule has 1 aromatic carbocycles. The van der Waals surface area contributed by atoms with Gasteiger partial charge in [0.05, 0.1) is 12.8 Å². The van der Waals surface area contributed by atoms with Crippen molar-refractivity contribution in [2.75, 3.05) is 10.6 Å². The van der Waals surface area contributed by atoms with Gasteiger partial charge in [-0.3, -0.25) is 24.0 Å². The highest BCUT2D eigenvalue weighted by molar-refractivity contribution is 6.30. The second-order valence-corrected chi connectivity index (χ2v) is 7.32. The Morgan fingerprint density at radius 1 is 1.26 bits per heavy atom. The fraction of sp³-hybridized carbons (Fsp3) is 0.227. The van der Waals surface area contributed by atoms with Gasteiger partial charge in [0, 0.05) is 17.6 Å². The number of nitrogens with zero attached hydrogens (tertiary/aromatic N) is 2. The summed E-state index contributed by atoms with van der Waals surface area (Å²) in [7, 11) is 0. The van der Waals surface area contributed by atoms with Crippen LogP contribution in [0.15, 0.2) is 62.7 Å². The van der Waals surface area contributed by atoms with Crippen LogP contribution in [0.3, 0.4) is 0 Å². The first-order valence-electron chi connectivity index (χ1n) is 9.80. The van der Waals surface area contributed by atoms with E-state index in [4.69, 9.17) is 21.8 Å². The lowest BCUT2D eigenvalue weighted by Gasteiger charge is -2.22.